The first-order chi connectivity index (χ1) is 9.81. The highest BCUT2D eigenvalue weighted by Crippen LogP contribution is 2.44. The maximum absolute atomic E-state index is 12.5. The van der Waals surface area contributed by atoms with Gasteiger partial charge in [-0.3, -0.25) is 9.78 Å². The number of aromatic nitrogens is 1. The third-order valence-electron chi connectivity index (χ3n) is 4.20. The number of hydrogen-bond donors (Lipinski definition) is 1. The van der Waals surface area contributed by atoms with Gasteiger partial charge in [-0.1, -0.05) is 0 Å². The van der Waals surface area contributed by atoms with Crippen LogP contribution in [0.2, 0.25) is 0 Å². The average Bonchev–Trinajstić information content (AvgIpc) is 3.00. The van der Waals surface area contributed by atoms with Gasteiger partial charge in [0.2, 0.25) is 0 Å². The van der Waals surface area contributed by atoms with Gasteiger partial charge >= 0.3 is 6.18 Å². The Hall–Kier alpha value is -1.63. The molecule has 0 aromatic carbocycles. The molecule has 7 heteroatoms. The van der Waals surface area contributed by atoms with Crippen molar-refractivity contribution in [3.8, 4) is 0 Å². The molecule has 1 aliphatic carbocycles. The van der Waals surface area contributed by atoms with Crippen LogP contribution in [0, 0.1) is 0 Å². The minimum Gasteiger partial charge on any atom is -0.388 e. The molecule has 114 valence electrons. The van der Waals surface area contributed by atoms with Crippen LogP contribution in [0.5, 0.6) is 0 Å². The Bertz CT molecular complexity index is 552. The first-order valence-electron chi connectivity index (χ1n) is 6.88. The van der Waals surface area contributed by atoms with Crippen molar-refractivity contribution in [3.63, 3.8) is 0 Å². The summed E-state index contributed by atoms with van der Waals surface area (Å²) in [7, 11) is 0. The summed E-state index contributed by atoms with van der Waals surface area (Å²) in [5, 5.41) is 10.2. The molecule has 1 aromatic heterocycles. The molecule has 2 heterocycles. The van der Waals surface area contributed by atoms with Crippen LogP contribution in [0.3, 0.4) is 0 Å². The van der Waals surface area contributed by atoms with Gasteiger partial charge in [-0.05, 0) is 37.8 Å². The zero-order chi connectivity index (χ0) is 15.3. The predicted molar refractivity (Wildman–Crippen MR) is 67.5 cm³/mol. The molecular weight excluding hydrogens is 285 g/mol. The van der Waals surface area contributed by atoms with Gasteiger partial charge < -0.3 is 10.0 Å². The number of amides is 1. The van der Waals surface area contributed by atoms with E-state index >= 15 is 0 Å². The molecule has 1 saturated heterocycles. The number of alkyl halides is 3. The molecule has 1 aliphatic heterocycles. The van der Waals surface area contributed by atoms with E-state index in [1.807, 2.05) is 0 Å². The summed E-state index contributed by atoms with van der Waals surface area (Å²) >= 11 is 0. The van der Waals surface area contributed by atoms with Gasteiger partial charge in [-0.2, -0.15) is 13.2 Å². The van der Waals surface area contributed by atoms with Crippen molar-refractivity contribution in [1.29, 1.82) is 0 Å². The van der Waals surface area contributed by atoms with Crippen molar-refractivity contribution in [1.82, 2.24) is 9.88 Å². The predicted octanol–water partition coefficient (Wildman–Crippen LogP) is 2.23. The van der Waals surface area contributed by atoms with Gasteiger partial charge in [0.25, 0.3) is 5.91 Å². The van der Waals surface area contributed by atoms with Crippen LogP contribution in [0.4, 0.5) is 13.2 Å². The molecular formula is C14H15F3N2O2. The largest absolute Gasteiger partial charge is 0.433 e. The summed E-state index contributed by atoms with van der Waals surface area (Å²) in [4.78, 5) is 17.3. The van der Waals surface area contributed by atoms with E-state index in [9.17, 15) is 23.1 Å². The van der Waals surface area contributed by atoms with Crippen LogP contribution in [0.15, 0.2) is 18.3 Å². The van der Waals surface area contributed by atoms with Crippen molar-refractivity contribution in [2.24, 2.45) is 0 Å². The van der Waals surface area contributed by atoms with E-state index in [1.54, 1.807) is 4.90 Å². The fraction of sp³-hybridized carbons (Fsp3) is 0.571. The van der Waals surface area contributed by atoms with E-state index in [-0.39, 0.29) is 17.5 Å². The van der Waals surface area contributed by atoms with Gasteiger partial charge in [0.1, 0.15) is 5.69 Å². The lowest BCUT2D eigenvalue weighted by molar-refractivity contribution is -0.141. The van der Waals surface area contributed by atoms with E-state index < -0.39 is 17.5 Å². The van der Waals surface area contributed by atoms with Crippen molar-refractivity contribution in [2.75, 3.05) is 6.54 Å². The number of carbonyl (C=O) groups excluding carboxylic acids is 1. The summed E-state index contributed by atoms with van der Waals surface area (Å²) in [5.41, 5.74) is -1.69. The number of carbonyl (C=O) groups is 1. The molecule has 1 amide bonds. The second-order valence-corrected chi connectivity index (χ2v) is 5.69. The third kappa shape index (κ3) is 2.62. The summed E-state index contributed by atoms with van der Waals surface area (Å²) in [5.74, 6) is -0.362. The standard InChI is InChI=1S/C14H15F3N2O2/c15-14(16,17)10-4-3-9(8-18-10)12(20)19-7-1-2-11(19)13(21)5-6-13/h3-4,8,11,21H,1-2,5-7H2. The summed E-state index contributed by atoms with van der Waals surface area (Å²) in [6.45, 7) is 0.521. The quantitative estimate of drug-likeness (QED) is 0.911. The Morgan fingerprint density at radius 2 is 2.10 bits per heavy atom. The Labute approximate surface area is 119 Å². The molecule has 0 spiro atoms. The van der Waals surface area contributed by atoms with E-state index in [0.717, 1.165) is 31.2 Å². The lowest BCUT2D eigenvalue weighted by Gasteiger charge is -2.28. The minimum atomic E-state index is -4.51. The maximum atomic E-state index is 12.5. The highest BCUT2D eigenvalue weighted by Gasteiger charge is 2.52. The molecule has 0 bridgehead atoms. The smallest absolute Gasteiger partial charge is 0.388 e. The van der Waals surface area contributed by atoms with Gasteiger partial charge in [-0.15, -0.1) is 0 Å². The molecule has 4 nitrogen and oxygen atoms in total. The number of halogens is 3. The van der Waals surface area contributed by atoms with Crippen LogP contribution >= 0.6 is 0 Å². The van der Waals surface area contributed by atoms with Gasteiger partial charge in [0, 0.05) is 12.7 Å². The zero-order valence-corrected chi connectivity index (χ0v) is 11.2. The monoisotopic (exact) mass is 300 g/mol. The van der Waals surface area contributed by atoms with E-state index in [1.165, 1.54) is 0 Å². The fourth-order valence-electron chi connectivity index (χ4n) is 2.88. The van der Waals surface area contributed by atoms with Crippen molar-refractivity contribution >= 4 is 5.91 Å². The SMILES string of the molecule is O=C(c1ccc(C(F)(F)F)nc1)N1CCCC1C1(O)CC1. The second kappa shape index (κ2) is 4.69. The molecule has 1 aromatic rings. The lowest BCUT2D eigenvalue weighted by atomic mass is 10.1. The van der Waals surface area contributed by atoms with Crippen LogP contribution in [-0.2, 0) is 6.18 Å². The zero-order valence-electron chi connectivity index (χ0n) is 11.2. The first-order valence-corrected chi connectivity index (χ1v) is 6.88. The van der Waals surface area contributed by atoms with Gasteiger partial charge in [0.15, 0.2) is 0 Å². The van der Waals surface area contributed by atoms with Crippen LogP contribution in [-0.4, -0.2) is 39.1 Å². The van der Waals surface area contributed by atoms with Crippen molar-refractivity contribution < 1.29 is 23.1 Å². The number of rotatable bonds is 2. The Balaban J connectivity index is 1.79. The summed E-state index contributed by atoms with van der Waals surface area (Å²) in [6.07, 6.45) is -0.680. The number of nitrogens with zero attached hydrogens (tertiary/aromatic N) is 2. The normalized spacial score (nSPS) is 24.2. The summed E-state index contributed by atoms with van der Waals surface area (Å²) < 4.78 is 37.4. The van der Waals surface area contributed by atoms with Crippen LogP contribution in [0.25, 0.3) is 0 Å². The Morgan fingerprint density at radius 1 is 1.38 bits per heavy atom. The van der Waals surface area contributed by atoms with Gasteiger partial charge in [0.05, 0.1) is 17.2 Å². The van der Waals surface area contributed by atoms with Crippen molar-refractivity contribution in [2.45, 2.75) is 43.5 Å². The maximum Gasteiger partial charge on any atom is 0.433 e. The van der Waals surface area contributed by atoms with E-state index in [2.05, 4.69) is 4.98 Å². The third-order valence-corrected chi connectivity index (χ3v) is 4.20. The van der Waals surface area contributed by atoms with Crippen LogP contribution < -0.4 is 0 Å². The highest BCUT2D eigenvalue weighted by molar-refractivity contribution is 5.94. The number of likely N-dealkylation sites (tertiary alicyclic amines) is 1. The highest BCUT2D eigenvalue weighted by atomic mass is 19.4. The minimum absolute atomic E-state index is 0.124. The molecule has 2 aliphatic rings. The number of hydrogen-bond acceptors (Lipinski definition) is 3. The fourth-order valence-corrected chi connectivity index (χ4v) is 2.88. The molecule has 1 unspecified atom stereocenters. The molecule has 0 radical (unpaired) electrons. The molecule has 1 N–H and O–H groups in total. The van der Waals surface area contributed by atoms with Crippen molar-refractivity contribution in [3.05, 3.63) is 29.6 Å². The summed E-state index contributed by atoms with van der Waals surface area (Å²) in [6, 6.07) is 1.72. The molecule has 1 atom stereocenters. The number of aliphatic hydroxyl groups is 1. The molecule has 21 heavy (non-hydrogen) atoms. The molecule has 1 saturated carbocycles. The van der Waals surface area contributed by atoms with E-state index in [4.69, 9.17) is 0 Å². The second-order valence-electron chi connectivity index (χ2n) is 5.69. The lowest BCUT2D eigenvalue weighted by Crippen LogP contribution is -2.44. The molecule has 3 rings (SSSR count). The Kier molecular flexibility index (Phi) is 3.20. The number of pyridine rings is 1. The van der Waals surface area contributed by atoms with E-state index in [0.29, 0.717) is 19.4 Å². The average molecular weight is 300 g/mol. The topological polar surface area (TPSA) is 53.4 Å². The van der Waals surface area contributed by atoms with Gasteiger partial charge in [-0.25, -0.2) is 0 Å². The van der Waals surface area contributed by atoms with Crippen LogP contribution in [0.1, 0.15) is 41.7 Å². The molecule has 2 fully saturated rings. The first kappa shape index (κ1) is 14.3. The Morgan fingerprint density at radius 3 is 2.62 bits per heavy atom.